The molecular weight excluding hydrogens is 312 g/mol. The van der Waals surface area contributed by atoms with E-state index in [4.69, 9.17) is 16.3 Å². The van der Waals surface area contributed by atoms with Crippen molar-refractivity contribution in [2.75, 3.05) is 12.4 Å². The van der Waals surface area contributed by atoms with E-state index >= 15 is 0 Å². The number of benzene rings is 2. The Labute approximate surface area is 139 Å². The third kappa shape index (κ3) is 3.01. The molecule has 1 aliphatic carbocycles. The molecule has 1 aliphatic rings. The molecule has 23 heavy (non-hydrogen) atoms. The summed E-state index contributed by atoms with van der Waals surface area (Å²) in [5.41, 5.74) is 1.71. The van der Waals surface area contributed by atoms with Crippen molar-refractivity contribution in [1.82, 2.24) is 0 Å². The maximum Gasteiger partial charge on any atom is 0.259 e. The highest BCUT2D eigenvalue weighted by molar-refractivity contribution is 6.31. The minimum Gasteiger partial charge on any atom is -0.496 e. The van der Waals surface area contributed by atoms with Crippen molar-refractivity contribution >= 4 is 23.2 Å². The van der Waals surface area contributed by atoms with Crippen LogP contribution >= 0.6 is 11.6 Å². The Balaban J connectivity index is 1.78. The first-order valence-electron chi connectivity index (χ1n) is 7.25. The smallest absolute Gasteiger partial charge is 0.259 e. The molecule has 0 unspecified atom stereocenters. The van der Waals surface area contributed by atoms with Crippen LogP contribution < -0.4 is 10.1 Å². The topological polar surface area (TPSA) is 62.1 Å². The number of methoxy groups -OCH3 is 1. The van der Waals surface area contributed by atoms with Crippen molar-refractivity contribution in [2.45, 2.75) is 18.3 Å². The number of ether oxygens (including phenoxy) is 1. The van der Waals surface area contributed by atoms with Crippen LogP contribution in [0.15, 0.2) is 42.5 Å². The standard InChI is InChI=1S/C18H15ClN2O2/c1-23-16-7-4-13(19)10-15(16)17(22)21-14-5-2-12(3-6-14)18(11-20)8-9-18/h2-7,10H,8-9H2,1H3,(H,21,22). The van der Waals surface area contributed by atoms with E-state index in [1.165, 1.54) is 7.11 Å². The number of hydrogen-bond acceptors (Lipinski definition) is 3. The van der Waals surface area contributed by atoms with Crippen LogP contribution in [0.2, 0.25) is 5.02 Å². The van der Waals surface area contributed by atoms with E-state index in [0.717, 1.165) is 18.4 Å². The van der Waals surface area contributed by atoms with E-state index in [1.807, 2.05) is 24.3 Å². The summed E-state index contributed by atoms with van der Waals surface area (Å²) in [6, 6.07) is 14.6. The molecule has 5 heteroatoms. The van der Waals surface area contributed by atoms with Gasteiger partial charge in [0.1, 0.15) is 5.75 Å². The highest BCUT2D eigenvalue weighted by Crippen LogP contribution is 2.47. The molecule has 0 aromatic heterocycles. The maximum absolute atomic E-state index is 12.4. The number of rotatable bonds is 4. The van der Waals surface area contributed by atoms with Gasteiger partial charge in [0.25, 0.3) is 5.91 Å². The van der Waals surface area contributed by atoms with E-state index < -0.39 is 0 Å². The summed E-state index contributed by atoms with van der Waals surface area (Å²) in [4.78, 5) is 12.4. The average Bonchev–Trinajstić information content (AvgIpc) is 3.36. The van der Waals surface area contributed by atoms with E-state index in [1.54, 1.807) is 18.2 Å². The second kappa shape index (κ2) is 5.94. The molecule has 1 amide bonds. The van der Waals surface area contributed by atoms with Crippen LogP contribution in [0.3, 0.4) is 0 Å². The number of nitrogens with zero attached hydrogens (tertiary/aromatic N) is 1. The molecule has 0 bridgehead atoms. The fourth-order valence-corrected chi connectivity index (χ4v) is 2.69. The number of carbonyl (C=O) groups excluding carboxylic acids is 1. The average molecular weight is 327 g/mol. The van der Waals surface area contributed by atoms with Gasteiger partial charge in [0.05, 0.1) is 24.2 Å². The van der Waals surface area contributed by atoms with Crippen molar-refractivity contribution in [2.24, 2.45) is 0 Å². The molecular formula is C18H15ClN2O2. The first-order valence-corrected chi connectivity index (χ1v) is 7.62. The maximum atomic E-state index is 12.4. The lowest BCUT2D eigenvalue weighted by molar-refractivity contribution is 0.102. The summed E-state index contributed by atoms with van der Waals surface area (Å²) in [5, 5.41) is 12.5. The molecule has 4 nitrogen and oxygen atoms in total. The molecule has 2 aromatic rings. The van der Waals surface area contributed by atoms with Gasteiger partial charge in [-0.1, -0.05) is 23.7 Å². The van der Waals surface area contributed by atoms with Crippen LogP contribution in [0.4, 0.5) is 5.69 Å². The molecule has 0 heterocycles. The first-order chi connectivity index (χ1) is 11.1. The highest BCUT2D eigenvalue weighted by atomic mass is 35.5. The zero-order valence-corrected chi connectivity index (χ0v) is 13.4. The van der Waals surface area contributed by atoms with Crippen LogP contribution in [0.5, 0.6) is 5.75 Å². The molecule has 0 spiro atoms. The lowest BCUT2D eigenvalue weighted by Crippen LogP contribution is -2.13. The molecule has 2 aromatic carbocycles. The zero-order valence-electron chi connectivity index (χ0n) is 12.6. The summed E-state index contributed by atoms with van der Waals surface area (Å²) in [7, 11) is 1.51. The van der Waals surface area contributed by atoms with E-state index in [2.05, 4.69) is 11.4 Å². The zero-order chi connectivity index (χ0) is 16.4. The normalized spacial score (nSPS) is 14.7. The van der Waals surface area contributed by atoms with Crippen molar-refractivity contribution in [3.05, 3.63) is 58.6 Å². The van der Waals surface area contributed by atoms with Crippen molar-refractivity contribution in [3.63, 3.8) is 0 Å². The van der Waals surface area contributed by atoms with Gasteiger partial charge < -0.3 is 10.1 Å². The van der Waals surface area contributed by atoms with Crippen molar-refractivity contribution in [3.8, 4) is 11.8 Å². The number of amides is 1. The van der Waals surface area contributed by atoms with E-state index in [0.29, 0.717) is 22.0 Å². The fraction of sp³-hybridized carbons (Fsp3) is 0.222. The summed E-state index contributed by atoms with van der Waals surface area (Å²) >= 11 is 5.95. The molecule has 0 radical (unpaired) electrons. The van der Waals surface area contributed by atoms with E-state index in [-0.39, 0.29) is 11.3 Å². The van der Waals surface area contributed by atoms with Crippen LogP contribution in [-0.2, 0) is 5.41 Å². The van der Waals surface area contributed by atoms with Gasteiger partial charge in [0, 0.05) is 10.7 Å². The molecule has 116 valence electrons. The van der Waals surface area contributed by atoms with Crippen LogP contribution in [-0.4, -0.2) is 13.0 Å². The van der Waals surface area contributed by atoms with Crippen LogP contribution in [0, 0.1) is 11.3 Å². The Kier molecular flexibility index (Phi) is 3.97. The van der Waals surface area contributed by atoms with Gasteiger partial charge in [-0.2, -0.15) is 5.26 Å². The Bertz CT molecular complexity index is 790. The summed E-state index contributed by atoms with van der Waals surface area (Å²) in [6.45, 7) is 0. The lowest BCUT2D eigenvalue weighted by Gasteiger charge is -2.11. The largest absolute Gasteiger partial charge is 0.496 e. The first kappa shape index (κ1) is 15.4. The molecule has 0 saturated heterocycles. The molecule has 1 saturated carbocycles. The van der Waals surface area contributed by atoms with Crippen LogP contribution in [0.25, 0.3) is 0 Å². The van der Waals surface area contributed by atoms with Gasteiger partial charge in [-0.05, 0) is 48.7 Å². The number of anilines is 1. The summed E-state index contributed by atoms with van der Waals surface area (Å²) in [5.74, 6) is 0.170. The second-order valence-electron chi connectivity index (χ2n) is 5.57. The van der Waals surface area contributed by atoms with Crippen molar-refractivity contribution in [1.29, 1.82) is 5.26 Å². The predicted octanol–water partition coefficient (Wildman–Crippen LogP) is 4.16. The third-order valence-corrected chi connectivity index (χ3v) is 4.30. The van der Waals surface area contributed by atoms with Crippen LogP contribution in [0.1, 0.15) is 28.8 Å². The number of nitriles is 1. The monoisotopic (exact) mass is 326 g/mol. The molecule has 1 N–H and O–H groups in total. The minimum atomic E-state index is -0.321. The quantitative estimate of drug-likeness (QED) is 0.917. The highest BCUT2D eigenvalue weighted by Gasteiger charge is 2.44. The van der Waals surface area contributed by atoms with Gasteiger partial charge >= 0.3 is 0 Å². The molecule has 3 rings (SSSR count). The summed E-state index contributed by atoms with van der Waals surface area (Å²) in [6.07, 6.45) is 1.80. The van der Waals surface area contributed by atoms with Gasteiger partial charge in [-0.3, -0.25) is 4.79 Å². The lowest BCUT2D eigenvalue weighted by atomic mass is 9.97. The summed E-state index contributed by atoms with van der Waals surface area (Å²) < 4.78 is 5.19. The number of carbonyl (C=O) groups is 1. The predicted molar refractivity (Wildman–Crippen MR) is 88.9 cm³/mol. The Morgan fingerprint density at radius 2 is 1.96 bits per heavy atom. The van der Waals surface area contributed by atoms with Gasteiger partial charge in [0.15, 0.2) is 0 Å². The molecule has 0 atom stereocenters. The Hall–Kier alpha value is -2.51. The van der Waals surface area contributed by atoms with Gasteiger partial charge in [0.2, 0.25) is 0 Å². The SMILES string of the molecule is COc1ccc(Cl)cc1C(=O)Nc1ccc(C2(C#N)CC2)cc1. The number of nitrogens with one attached hydrogen (secondary N) is 1. The second-order valence-corrected chi connectivity index (χ2v) is 6.01. The van der Waals surface area contributed by atoms with Crippen molar-refractivity contribution < 1.29 is 9.53 Å². The fourth-order valence-electron chi connectivity index (χ4n) is 2.52. The van der Waals surface area contributed by atoms with Gasteiger partial charge in [-0.15, -0.1) is 0 Å². The Morgan fingerprint density at radius 1 is 1.26 bits per heavy atom. The van der Waals surface area contributed by atoms with E-state index in [9.17, 15) is 10.1 Å². The Morgan fingerprint density at radius 3 is 2.52 bits per heavy atom. The third-order valence-electron chi connectivity index (χ3n) is 4.07. The minimum absolute atomic E-state index is 0.293. The number of halogens is 1. The molecule has 1 fully saturated rings. The molecule has 0 aliphatic heterocycles. The van der Waals surface area contributed by atoms with Gasteiger partial charge in [-0.25, -0.2) is 0 Å². The number of hydrogen-bond donors (Lipinski definition) is 1.